The Hall–Kier alpha value is -0.900. The van der Waals surface area contributed by atoms with Crippen LogP contribution in [0.1, 0.15) is 45.0 Å². The third kappa shape index (κ3) is 5.82. The molecule has 0 atom stereocenters. The molecule has 2 nitrogen and oxygen atoms in total. The van der Waals surface area contributed by atoms with Crippen LogP contribution >= 0.6 is 15.9 Å². The van der Waals surface area contributed by atoms with Crippen molar-refractivity contribution < 1.29 is 13.9 Å². The Morgan fingerprint density at radius 2 is 1.82 bits per heavy atom. The number of ether oxygens (including phenoxy) is 1. The molecule has 17 heavy (non-hydrogen) atoms. The molecule has 1 rings (SSSR count). The fourth-order valence-electron chi connectivity index (χ4n) is 0.960. The van der Waals surface area contributed by atoms with Crippen LogP contribution < -0.4 is 0 Å². The molecule has 0 fully saturated rings. The average Bonchev–Trinajstić information content (AvgIpc) is 2.22. The van der Waals surface area contributed by atoms with E-state index in [1.54, 1.807) is 20.8 Å². The summed E-state index contributed by atoms with van der Waals surface area (Å²) in [5, 5.41) is 0. The van der Waals surface area contributed by atoms with Gasteiger partial charge < -0.3 is 4.74 Å². The molecule has 0 saturated heterocycles. The van der Waals surface area contributed by atoms with Gasteiger partial charge in [0.15, 0.2) is 0 Å². The van der Waals surface area contributed by atoms with E-state index in [1.165, 1.54) is 12.1 Å². The largest absolute Gasteiger partial charge is 0.456 e. The number of carbonyl (C=O) groups is 1. The lowest BCUT2D eigenvalue weighted by Crippen LogP contribution is -2.23. The minimum absolute atomic E-state index is 0.214. The smallest absolute Gasteiger partial charge is 0.338 e. The molecular formula is C13H18BrFO2. The van der Waals surface area contributed by atoms with E-state index in [-0.39, 0.29) is 5.56 Å². The first-order valence-electron chi connectivity index (χ1n) is 5.48. The van der Waals surface area contributed by atoms with Gasteiger partial charge in [-0.25, -0.2) is 9.18 Å². The van der Waals surface area contributed by atoms with Gasteiger partial charge in [0.05, 0.1) is 10.0 Å². The van der Waals surface area contributed by atoms with E-state index < -0.39 is 17.4 Å². The third-order valence-electron chi connectivity index (χ3n) is 1.55. The van der Waals surface area contributed by atoms with Gasteiger partial charge in [-0.1, -0.05) is 13.8 Å². The Morgan fingerprint density at radius 1 is 1.29 bits per heavy atom. The lowest BCUT2D eigenvalue weighted by Gasteiger charge is -2.19. The second kappa shape index (κ2) is 6.74. The molecular weight excluding hydrogens is 287 g/mol. The van der Waals surface area contributed by atoms with Crippen LogP contribution in [0.25, 0.3) is 0 Å². The topological polar surface area (TPSA) is 26.3 Å². The molecule has 0 aliphatic heterocycles. The number of carbonyl (C=O) groups excluding carboxylic acids is 1. The van der Waals surface area contributed by atoms with Crippen molar-refractivity contribution in [3.8, 4) is 0 Å². The Balaban J connectivity index is 0.00000121. The fraction of sp³-hybridized carbons (Fsp3) is 0.462. The minimum atomic E-state index is -0.569. The highest BCUT2D eigenvalue weighted by Crippen LogP contribution is 2.18. The Bertz CT molecular complexity index is 383. The van der Waals surface area contributed by atoms with Gasteiger partial charge in [-0.05, 0) is 54.9 Å². The maximum atomic E-state index is 13.1. The fourth-order valence-corrected chi connectivity index (χ4v) is 1.21. The summed E-state index contributed by atoms with van der Waals surface area (Å²) in [6, 6.07) is 4.15. The summed E-state index contributed by atoms with van der Waals surface area (Å²) in [7, 11) is 0. The van der Waals surface area contributed by atoms with Crippen molar-refractivity contribution in [3.63, 3.8) is 0 Å². The summed E-state index contributed by atoms with van der Waals surface area (Å²) in [5.41, 5.74) is -0.355. The monoisotopic (exact) mass is 304 g/mol. The van der Waals surface area contributed by atoms with Crippen LogP contribution in [-0.2, 0) is 4.74 Å². The quantitative estimate of drug-likeness (QED) is 0.710. The highest BCUT2D eigenvalue weighted by Gasteiger charge is 2.18. The van der Waals surface area contributed by atoms with Crippen molar-refractivity contribution in [2.45, 2.75) is 40.2 Å². The molecule has 96 valence electrons. The minimum Gasteiger partial charge on any atom is -0.456 e. The molecule has 0 aliphatic rings. The summed E-state index contributed by atoms with van der Waals surface area (Å²) < 4.78 is 18.5. The number of hydrogen-bond acceptors (Lipinski definition) is 2. The van der Waals surface area contributed by atoms with Crippen LogP contribution in [0.3, 0.4) is 0 Å². The van der Waals surface area contributed by atoms with E-state index in [2.05, 4.69) is 15.9 Å². The molecule has 0 saturated carbocycles. The predicted octanol–water partition coefficient (Wildman–Crippen LogP) is 4.57. The normalized spacial score (nSPS) is 10.3. The lowest BCUT2D eigenvalue weighted by molar-refractivity contribution is 0.00690. The molecule has 0 aromatic heterocycles. The molecule has 0 aliphatic carbocycles. The number of halogens is 2. The van der Waals surface area contributed by atoms with Crippen LogP contribution in [0.15, 0.2) is 22.7 Å². The number of esters is 1. The number of benzene rings is 1. The summed E-state index contributed by atoms with van der Waals surface area (Å²) in [6.45, 7) is 9.29. The first-order valence-corrected chi connectivity index (χ1v) is 6.27. The molecule has 0 bridgehead atoms. The van der Waals surface area contributed by atoms with Crippen LogP contribution in [0.4, 0.5) is 4.39 Å². The average molecular weight is 305 g/mol. The standard InChI is InChI=1S/C11H12BrFO2.C2H6/c1-11(2,3)15-10(14)7-4-5-8(12)9(13)6-7;1-2/h4-6H,1-3H3;1-2H3. The second-order valence-corrected chi connectivity index (χ2v) is 4.99. The Kier molecular flexibility index (Phi) is 6.39. The van der Waals surface area contributed by atoms with Crippen molar-refractivity contribution in [1.29, 1.82) is 0 Å². The summed E-state index contributed by atoms with van der Waals surface area (Å²) in [4.78, 5) is 11.5. The number of hydrogen-bond donors (Lipinski definition) is 0. The molecule has 4 heteroatoms. The van der Waals surface area contributed by atoms with Crippen molar-refractivity contribution in [2.24, 2.45) is 0 Å². The van der Waals surface area contributed by atoms with Gasteiger partial charge >= 0.3 is 5.97 Å². The zero-order valence-electron chi connectivity index (χ0n) is 10.8. The maximum absolute atomic E-state index is 13.1. The first-order chi connectivity index (χ1) is 7.79. The van der Waals surface area contributed by atoms with Gasteiger partial charge in [0.2, 0.25) is 0 Å². The molecule has 0 unspecified atom stereocenters. The molecule has 0 amide bonds. The first kappa shape index (κ1) is 16.1. The van der Waals surface area contributed by atoms with E-state index in [0.29, 0.717) is 4.47 Å². The van der Waals surface area contributed by atoms with Gasteiger partial charge in [-0.3, -0.25) is 0 Å². The van der Waals surface area contributed by atoms with Gasteiger partial charge in [0.25, 0.3) is 0 Å². The van der Waals surface area contributed by atoms with Crippen molar-refractivity contribution >= 4 is 21.9 Å². The Labute approximate surface area is 110 Å². The SMILES string of the molecule is CC.CC(C)(C)OC(=O)c1ccc(Br)c(F)c1. The zero-order valence-corrected chi connectivity index (χ0v) is 12.4. The summed E-state index contributed by atoms with van der Waals surface area (Å²) in [6.07, 6.45) is 0. The second-order valence-electron chi connectivity index (χ2n) is 4.13. The van der Waals surface area contributed by atoms with Crippen molar-refractivity contribution in [2.75, 3.05) is 0 Å². The summed E-state index contributed by atoms with van der Waals surface area (Å²) >= 11 is 3.01. The van der Waals surface area contributed by atoms with E-state index in [4.69, 9.17) is 4.74 Å². The van der Waals surface area contributed by atoms with E-state index >= 15 is 0 Å². The number of rotatable bonds is 1. The van der Waals surface area contributed by atoms with Crippen molar-refractivity contribution in [1.82, 2.24) is 0 Å². The van der Waals surface area contributed by atoms with Crippen LogP contribution in [-0.4, -0.2) is 11.6 Å². The molecule has 1 aromatic rings. The van der Waals surface area contributed by atoms with Crippen molar-refractivity contribution in [3.05, 3.63) is 34.1 Å². The van der Waals surface area contributed by atoms with Gasteiger partial charge in [-0.2, -0.15) is 0 Å². The van der Waals surface area contributed by atoms with E-state index in [9.17, 15) is 9.18 Å². The van der Waals surface area contributed by atoms with E-state index in [1.807, 2.05) is 13.8 Å². The molecule has 0 spiro atoms. The molecule has 1 aromatic carbocycles. The summed E-state index contributed by atoms with van der Waals surface area (Å²) in [5.74, 6) is -0.993. The van der Waals surface area contributed by atoms with Crippen LogP contribution in [0.5, 0.6) is 0 Å². The van der Waals surface area contributed by atoms with Gasteiger partial charge in [-0.15, -0.1) is 0 Å². The van der Waals surface area contributed by atoms with E-state index in [0.717, 1.165) is 6.07 Å². The molecule has 0 radical (unpaired) electrons. The zero-order chi connectivity index (χ0) is 13.6. The molecule has 0 heterocycles. The third-order valence-corrected chi connectivity index (χ3v) is 2.20. The van der Waals surface area contributed by atoms with Crippen LogP contribution in [0, 0.1) is 5.82 Å². The highest BCUT2D eigenvalue weighted by atomic mass is 79.9. The predicted molar refractivity (Wildman–Crippen MR) is 70.6 cm³/mol. The maximum Gasteiger partial charge on any atom is 0.338 e. The van der Waals surface area contributed by atoms with Gasteiger partial charge in [0.1, 0.15) is 11.4 Å². The van der Waals surface area contributed by atoms with Crippen LogP contribution in [0.2, 0.25) is 0 Å². The molecule has 0 N–H and O–H groups in total. The highest BCUT2D eigenvalue weighted by molar-refractivity contribution is 9.10. The van der Waals surface area contributed by atoms with Gasteiger partial charge in [0, 0.05) is 0 Å². The lowest BCUT2D eigenvalue weighted by atomic mass is 10.1. The Morgan fingerprint density at radius 3 is 2.24 bits per heavy atom.